The third-order valence-corrected chi connectivity index (χ3v) is 6.43. The number of likely N-dealkylation sites (tertiary alicyclic amines) is 1. The van der Waals surface area contributed by atoms with Gasteiger partial charge in [-0.25, -0.2) is 4.98 Å². The Hall–Kier alpha value is -2.92. The zero-order chi connectivity index (χ0) is 20.0. The topological polar surface area (TPSA) is 72.4 Å². The van der Waals surface area contributed by atoms with Gasteiger partial charge in [-0.05, 0) is 43.7 Å². The summed E-state index contributed by atoms with van der Waals surface area (Å²) in [5.74, 6) is 2.18. The third-order valence-electron chi connectivity index (χ3n) is 6.43. The molecule has 0 bridgehead atoms. The van der Waals surface area contributed by atoms with Gasteiger partial charge >= 0.3 is 0 Å². The second kappa shape index (κ2) is 7.16. The summed E-state index contributed by atoms with van der Waals surface area (Å²) >= 11 is 0. The SMILES string of the molecule is Cc1ccc(-c2cnc(-c3ccccc3C(=O)N3CC4CCC(N)C4C3)o2)cc1. The number of amides is 1. The minimum atomic E-state index is 0.0392. The highest BCUT2D eigenvalue weighted by Crippen LogP contribution is 2.38. The maximum absolute atomic E-state index is 13.3. The van der Waals surface area contributed by atoms with Gasteiger partial charge in [0.05, 0.1) is 11.8 Å². The number of carbonyl (C=O) groups excluding carboxylic acids is 1. The fourth-order valence-corrected chi connectivity index (χ4v) is 4.75. The molecule has 1 aromatic heterocycles. The average Bonchev–Trinajstić information content (AvgIpc) is 3.46. The number of fused-ring (bicyclic) bond motifs is 1. The van der Waals surface area contributed by atoms with E-state index in [0.717, 1.165) is 37.1 Å². The highest BCUT2D eigenvalue weighted by molar-refractivity contribution is 6.00. The van der Waals surface area contributed by atoms with Crippen LogP contribution in [-0.2, 0) is 0 Å². The first-order chi connectivity index (χ1) is 14.1. The molecule has 3 aromatic rings. The monoisotopic (exact) mass is 387 g/mol. The number of nitrogens with two attached hydrogens (primary N) is 1. The molecule has 5 nitrogen and oxygen atoms in total. The maximum Gasteiger partial charge on any atom is 0.254 e. The molecule has 2 heterocycles. The zero-order valence-corrected chi connectivity index (χ0v) is 16.5. The second-order valence-corrected chi connectivity index (χ2v) is 8.32. The molecule has 1 saturated heterocycles. The first-order valence-corrected chi connectivity index (χ1v) is 10.3. The Morgan fingerprint density at radius 3 is 2.69 bits per heavy atom. The average molecular weight is 387 g/mol. The van der Waals surface area contributed by atoms with Crippen LogP contribution >= 0.6 is 0 Å². The van der Waals surface area contributed by atoms with E-state index in [4.69, 9.17) is 10.2 Å². The molecule has 3 atom stereocenters. The van der Waals surface area contributed by atoms with E-state index >= 15 is 0 Å². The van der Waals surface area contributed by atoms with Crippen molar-refractivity contribution in [2.75, 3.05) is 13.1 Å². The fraction of sp³-hybridized carbons (Fsp3) is 0.333. The number of nitrogens with zero attached hydrogens (tertiary/aromatic N) is 2. The van der Waals surface area contributed by atoms with E-state index in [2.05, 4.69) is 11.9 Å². The quantitative estimate of drug-likeness (QED) is 0.734. The summed E-state index contributed by atoms with van der Waals surface area (Å²) in [5, 5.41) is 0. The van der Waals surface area contributed by atoms with Crippen LogP contribution in [0.5, 0.6) is 0 Å². The summed E-state index contributed by atoms with van der Waals surface area (Å²) < 4.78 is 6.04. The van der Waals surface area contributed by atoms with Crippen LogP contribution in [0.3, 0.4) is 0 Å². The molecule has 1 amide bonds. The standard InChI is InChI=1S/C24H25N3O2/c1-15-6-8-16(9-7-15)22-12-26-23(29-22)18-4-2-3-5-19(18)24(28)27-13-17-10-11-21(25)20(17)14-27/h2-9,12,17,20-21H,10-11,13-14,25H2,1H3. The lowest BCUT2D eigenvalue weighted by molar-refractivity contribution is 0.0780. The molecular weight excluding hydrogens is 362 g/mol. The summed E-state index contributed by atoms with van der Waals surface area (Å²) in [5.41, 5.74) is 9.78. The Labute approximate surface area is 170 Å². The van der Waals surface area contributed by atoms with Gasteiger partial charge in [-0.1, -0.05) is 42.0 Å². The van der Waals surface area contributed by atoms with E-state index in [0.29, 0.717) is 29.1 Å². The normalized spacial score (nSPS) is 23.4. The van der Waals surface area contributed by atoms with Gasteiger partial charge in [-0.2, -0.15) is 0 Å². The minimum absolute atomic E-state index is 0.0392. The van der Waals surface area contributed by atoms with Crippen molar-refractivity contribution < 1.29 is 9.21 Å². The lowest BCUT2D eigenvalue weighted by atomic mass is 9.98. The zero-order valence-electron chi connectivity index (χ0n) is 16.5. The number of aryl methyl sites for hydroxylation is 1. The number of benzene rings is 2. The van der Waals surface area contributed by atoms with Gasteiger partial charge < -0.3 is 15.1 Å². The Bertz CT molecular complexity index is 1040. The number of oxazole rings is 1. The lowest BCUT2D eigenvalue weighted by Crippen LogP contribution is -2.33. The van der Waals surface area contributed by atoms with Crippen molar-refractivity contribution in [3.63, 3.8) is 0 Å². The molecule has 5 heteroatoms. The highest BCUT2D eigenvalue weighted by Gasteiger charge is 2.42. The van der Waals surface area contributed by atoms with Crippen molar-refractivity contribution in [3.05, 3.63) is 65.9 Å². The molecule has 5 rings (SSSR count). The van der Waals surface area contributed by atoms with Crippen LogP contribution in [-0.4, -0.2) is 34.9 Å². The van der Waals surface area contributed by atoms with Gasteiger partial charge in [0.1, 0.15) is 0 Å². The van der Waals surface area contributed by atoms with Crippen LogP contribution in [0.1, 0.15) is 28.8 Å². The Balaban J connectivity index is 1.43. The van der Waals surface area contributed by atoms with Crippen molar-refractivity contribution >= 4 is 5.91 Å². The highest BCUT2D eigenvalue weighted by atomic mass is 16.4. The summed E-state index contributed by atoms with van der Waals surface area (Å²) in [6.45, 7) is 3.60. The predicted octanol–water partition coefficient (Wildman–Crippen LogP) is 4.13. The largest absolute Gasteiger partial charge is 0.436 e. The molecule has 2 aromatic carbocycles. The maximum atomic E-state index is 13.3. The van der Waals surface area contributed by atoms with Crippen LogP contribution in [0.25, 0.3) is 22.8 Å². The summed E-state index contributed by atoms with van der Waals surface area (Å²) in [7, 11) is 0. The van der Waals surface area contributed by atoms with Crippen molar-refractivity contribution in [3.8, 4) is 22.8 Å². The molecule has 2 aliphatic rings. The van der Waals surface area contributed by atoms with Gasteiger partial charge in [-0.15, -0.1) is 0 Å². The molecule has 1 aliphatic heterocycles. The summed E-state index contributed by atoms with van der Waals surface area (Å²) in [6.07, 6.45) is 3.92. The molecular formula is C24H25N3O2. The van der Waals surface area contributed by atoms with Gasteiger partial charge in [-0.3, -0.25) is 4.79 Å². The number of carbonyl (C=O) groups is 1. The van der Waals surface area contributed by atoms with Crippen LogP contribution in [0, 0.1) is 18.8 Å². The number of rotatable bonds is 3. The van der Waals surface area contributed by atoms with Crippen molar-refractivity contribution in [1.29, 1.82) is 0 Å². The molecule has 1 saturated carbocycles. The van der Waals surface area contributed by atoms with E-state index in [1.165, 1.54) is 5.56 Å². The first-order valence-electron chi connectivity index (χ1n) is 10.3. The van der Waals surface area contributed by atoms with E-state index in [1.807, 2.05) is 53.4 Å². The van der Waals surface area contributed by atoms with Gasteiger partial charge in [0, 0.05) is 30.3 Å². The molecule has 148 valence electrons. The Morgan fingerprint density at radius 1 is 1.10 bits per heavy atom. The number of hydrogen-bond donors (Lipinski definition) is 1. The van der Waals surface area contributed by atoms with Crippen molar-refractivity contribution in [2.24, 2.45) is 17.6 Å². The van der Waals surface area contributed by atoms with E-state index in [1.54, 1.807) is 6.20 Å². The molecule has 3 unspecified atom stereocenters. The first kappa shape index (κ1) is 18.1. The Kier molecular flexibility index (Phi) is 4.47. The van der Waals surface area contributed by atoms with Crippen LogP contribution in [0.15, 0.2) is 59.1 Å². The number of hydrogen-bond acceptors (Lipinski definition) is 4. The molecule has 2 N–H and O–H groups in total. The van der Waals surface area contributed by atoms with E-state index in [9.17, 15) is 4.79 Å². The minimum Gasteiger partial charge on any atom is -0.436 e. The molecule has 2 fully saturated rings. The summed E-state index contributed by atoms with van der Waals surface area (Å²) in [6, 6.07) is 15.9. The predicted molar refractivity (Wildman–Crippen MR) is 112 cm³/mol. The molecule has 0 spiro atoms. The lowest BCUT2D eigenvalue weighted by Gasteiger charge is -2.19. The fourth-order valence-electron chi connectivity index (χ4n) is 4.75. The Morgan fingerprint density at radius 2 is 1.90 bits per heavy atom. The van der Waals surface area contributed by atoms with E-state index < -0.39 is 0 Å². The second-order valence-electron chi connectivity index (χ2n) is 8.32. The third kappa shape index (κ3) is 3.25. The van der Waals surface area contributed by atoms with Crippen LogP contribution in [0.2, 0.25) is 0 Å². The summed E-state index contributed by atoms with van der Waals surface area (Å²) in [4.78, 5) is 19.7. The van der Waals surface area contributed by atoms with Crippen molar-refractivity contribution in [1.82, 2.24) is 9.88 Å². The van der Waals surface area contributed by atoms with Crippen molar-refractivity contribution in [2.45, 2.75) is 25.8 Å². The van der Waals surface area contributed by atoms with Crippen LogP contribution < -0.4 is 5.73 Å². The van der Waals surface area contributed by atoms with Crippen LogP contribution in [0.4, 0.5) is 0 Å². The molecule has 29 heavy (non-hydrogen) atoms. The molecule has 0 radical (unpaired) electrons. The van der Waals surface area contributed by atoms with Gasteiger partial charge in [0.2, 0.25) is 5.89 Å². The molecule has 1 aliphatic carbocycles. The smallest absolute Gasteiger partial charge is 0.254 e. The van der Waals surface area contributed by atoms with Gasteiger partial charge in [0.15, 0.2) is 5.76 Å². The number of aromatic nitrogens is 1. The van der Waals surface area contributed by atoms with E-state index in [-0.39, 0.29) is 11.9 Å². The van der Waals surface area contributed by atoms with Gasteiger partial charge in [0.25, 0.3) is 5.91 Å².